The van der Waals surface area contributed by atoms with E-state index in [1.165, 1.54) is 29.7 Å². The molecule has 1 N–H and O–H groups in total. The molecular weight excluding hydrogens is 278 g/mol. The van der Waals surface area contributed by atoms with E-state index < -0.39 is 4.92 Å². The molecule has 1 aliphatic rings. The monoisotopic (exact) mass is 289 g/mol. The van der Waals surface area contributed by atoms with E-state index in [4.69, 9.17) is 0 Å². The third kappa shape index (κ3) is 2.27. The quantitative estimate of drug-likeness (QED) is 0.695. The summed E-state index contributed by atoms with van der Waals surface area (Å²) in [5.74, 6) is -0.341. The molecule has 3 rings (SSSR count). The maximum Gasteiger partial charge on any atom is 0.270 e. The van der Waals surface area contributed by atoms with Crippen molar-refractivity contribution in [2.45, 2.75) is 19.3 Å². The zero-order valence-corrected chi connectivity index (χ0v) is 11.3. The predicted molar refractivity (Wildman–Crippen MR) is 75.2 cm³/mol. The number of nitrogens with one attached hydrogen (secondary N) is 1. The van der Waals surface area contributed by atoms with Gasteiger partial charge in [-0.2, -0.15) is 4.37 Å². The minimum absolute atomic E-state index is 0.0906. The van der Waals surface area contributed by atoms with Gasteiger partial charge in [0.05, 0.1) is 10.6 Å². The van der Waals surface area contributed by atoms with Crippen LogP contribution in [0.4, 0.5) is 10.7 Å². The normalized spacial score (nSPS) is 13.0. The van der Waals surface area contributed by atoms with Crippen LogP contribution in [0.2, 0.25) is 0 Å². The van der Waals surface area contributed by atoms with Crippen LogP contribution in [-0.4, -0.2) is 15.2 Å². The minimum atomic E-state index is -0.513. The second-order valence-electron chi connectivity index (χ2n) is 4.55. The molecule has 0 atom stereocenters. The Morgan fingerprint density at radius 3 is 3.05 bits per heavy atom. The van der Waals surface area contributed by atoms with Gasteiger partial charge in [-0.3, -0.25) is 14.9 Å². The maximum atomic E-state index is 12.1. The molecule has 0 unspecified atom stereocenters. The van der Waals surface area contributed by atoms with Gasteiger partial charge in [0, 0.05) is 23.3 Å². The summed E-state index contributed by atoms with van der Waals surface area (Å²) in [6, 6.07) is 5.70. The van der Waals surface area contributed by atoms with Crippen LogP contribution < -0.4 is 5.32 Å². The van der Waals surface area contributed by atoms with Gasteiger partial charge < -0.3 is 5.32 Å². The fraction of sp³-hybridized carbons (Fsp3) is 0.231. The van der Waals surface area contributed by atoms with E-state index in [-0.39, 0.29) is 17.2 Å². The van der Waals surface area contributed by atoms with Crippen LogP contribution in [-0.2, 0) is 12.8 Å². The van der Waals surface area contributed by atoms with Gasteiger partial charge in [0.25, 0.3) is 11.6 Å². The fourth-order valence-electron chi connectivity index (χ4n) is 2.26. The van der Waals surface area contributed by atoms with Gasteiger partial charge in [-0.05, 0) is 36.9 Å². The molecule has 0 radical (unpaired) electrons. The number of nitrogens with zero attached hydrogens (tertiary/aromatic N) is 2. The summed E-state index contributed by atoms with van der Waals surface area (Å²) in [5, 5.41) is 14.3. The van der Waals surface area contributed by atoms with Crippen LogP contribution in [0.5, 0.6) is 0 Å². The number of nitro benzene ring substituents is 1. The molecule has 2 aromatic rings. The molecule has 0 saturated carbocycles. The number of fused-ring (bicyclic) bond motifs is 1. The zero-order chi connectivity index (χ0) is 14.1. The Morgan fingerprint density at radius 2 is 2.25 bits per heavy atom. The van der Waals surface area contributed by atoms with Crippen molar-refractivity contribution in [2.75, 3.05) is 5.32 Å². The number of hydrogen-bond acceptors (Lipinski definition) is 5. The highest BCUT2D eigenvalue weighted by atomic mass is 32.1. The Balaban J connectivity index is 1.82. The van der Waals surface area contributed by atoms with Crippen molar-refractivity contribution in [1.29, 1.82) is 0 Å². The number of nitro groups is 1. The van der Waals surface area contributed by atoms with E-state index in [1.54, 1.807) is 6.07 Å². The number of aromatic nitrogens is 1. The number of anilines is 1. The molecule has 0 bridgehead atoms. The molecule has 1 heterocycles. The predicted octanol–water partition coefficient (Wildman–Crippen LogP) is 2.79. The molecule has 1 aromatic carbocycles. The maximum absolute atomic E-state index is 12.1. The highest BCUT2D eigenvalue weighted by Gasteiger charge is 2.21. The second-order valence-corrected chi connectivity index (χ2v) is 5.33. The van der Waals surface area contributed by atoms with E-state index in [0.717, 1.165) is 35.5 Å². The average molecular weight is 289 g/mol. The topological polar surface area (TPSA) is 85.1 Å². The first-order valence-corrected chi connectivity index (χ1v) is 6.96. The molecule has 7 heteroatoms. The van der Waals surface area contributed by atoms with Crippen molar-refractivity contribution in [1.82, 2.24) is 4.37 Å². The number of hydrogen-bond donors (Lipinski definition) is 1. The van der Waals surface area contributed by atoms with Gasteiger partial charge in [-0.15, -0.1) is 0 Å². The van der Waals surface area contributed by atoms with Crippen LogP contribution in [0.1, 0.15) is 28.0 Å². The number of carbonyl (C=O) groups is 1. The summed E-state index contributed by atoms with van der Waals surface area (Å²) in [5.41, 5.74) is 2.35. The first-order chi connectivity index (χ1) is 9.65. The third-order valence-electron chi connectivity index (χ3n) is 3.26. The van der Waals surface area contributed by atoms with Gasteiger partial charge in [0.2, 0.25) is 0 Å². The van der Waals surface area contributed by atoms with Crippen molar-refractivity contribution < 1.29 is 9.72 Å². The van der Waals surface area contributed by atoms with E-state index >= 15 is 0 Å². The molecule has 1 aliphatic carbocycles. The summed E-state index contributed by atoms with van der Waals surface area (Å²) in [6.07, 6.45) is 2.94. The lowest BCUT2D eigenvalue weighted by Gasteiger charge is -2.04. The SMILES string of the molecule is O=C(Nc1snc2c1CCC2)c1cccc([N+](=O)[O-])c1. The van der Waals surface area contributed by atoms with Gasteiger partial charge in [0.15, 0.2) is 0 Å². The van der Waals surface area contributed by atoms with Crippen LogP contribution >= 0.6 is 11.5 Å². The van der Waals surface area contributed by atoms with E-state index in [1.807, 2.05) is 0 Å². The molecule has 0 aliphatic heterocycles. The van der Waals surface area contributed by atoms with Crippen molar-refractivity contribution in [3.8, 4) is 0 Å². The molecule has 0 spiro atoms. The van der Waals surface area contributed by atoms with Crippen molar-refractivity contribution in [2.24, 2.45) is 0 Å². The second kappa shape index (κ2) is 5.01. The number of aryl methyl sites for hydroxylation is 1. The van der Waals surface area contributed by atoms with Crippen molar-refractivity contribution in [3.05, 3.63) is 51.2 Å². The Kier molecular flexibility index (Phi) is 3.19. The van der Waals surface area contributed by atoms with Gasteiger partial charge >= 0.3 is 0 Å². The number of benzene rings is 1. The molecule has 0 saturated heterocycles. The van der Waals surface area contributed by atoms with Gasteiger partial charge in [-0.1, -0.05) is 6.07 Å². The summed E-state index contributed by atoms with van der Waals surface area (Å²) in [4.78, 5) is 22.3. The molecule has 1 aromatic heterocycles. The number of amides is 1. The molecule has 6 nitrogen and oxygen atoms in total. The third-order valence-corrected chi connectivity index (χ3v) is 4.10. The summed E-state index contributed by atoms with van der Waals surface area (Å²) in [6.45, 7) is 0. The number of non-ortho nitro benzene ring substituents is 1. The fourth-order valence-corrected chi connectivity index (χ4v) is 3.13. The van der Waals surface area contributed by atoms with Crippen molar-refractivity contribution >= 4 is 28.1 Å². The summed E-state index contributed by atoms with van der Waals surface area (Å²) < 4.78 is 4.31. The number of carbonyl (C=O) groups excluding carboxylic acids is 1. The highest BCUT2D eigenvalue weighted by Crippen LogP contribution is 2.32. The molecule has 0 fully saturated rings. The lowest BCUT2D eigenvalue weighted by Crippen LogP contribution is -2.12. The molecule has 102 valence electrons. The number of rotatable bonds is 3. The summed E-state index contributed by atoms with van der Waals surface area (Å²) >= 11 is 1.27. The lowest BCUT2D eigenvalue weighted by atomic mass is 10.2. The Labute approximate surface area is 118 Å². The Bertz CT molecular complexity index is 696. The van der Waals surface area contributed by atoms with Crippen molar-refractivity contribution in [3.63, 3.8) is 0 Å². The Morgan fingerprint density at radius 1 is 1.40 bits per heavy atom. The smallest absolute Gasteiger partial charge is 0.270 e. The summed E-state index contributed by atoms with van der Waals surface area (Å²) in [7, 11) is 0. The minimum Gasteiger partial charge on any atom is -0.312 e. The van der Waals surface area contributed by atoms with E-state index in [2.05, 4.69) is 9.69 Å². The zero-order valence-electron chi connectivity index (χ0n) is 10.5. The van der Waals surface area contributed by atoms with Crippen LogP contribution in [0.15, 0.2) is 24.3 Å². The first kappa shape index (κ1) is 12.7. The van der Waals surface area contributed by atoms with Gasteiger partial charge in [0.1, 0.15) is 5.00 Å². The van der Waals surface area contributed by atoms with E-state index in [9.17, 15) is 14.9 Å². The lowest BCUT2D eigenvalue weighted by molar-refractivity contribution is -0.384. The molecule has 1 amide bonds. The standard InChI is InChI=1S/C13H11N3O3S/c17-12(8-3-1-4-9(7-8)16(18)19)14-13-10-5-2-6-11(10)15-20-13/h1,3-4,7H,2,5-6H2,(H,14,17). The van der Waals surface area contributed by atoms with E-state index in [0.29, 0.717) is 0 Å². The van der Waals surface area contributed by atoms with Crippen LogP contribution in [0.3, 0.4) is 0 Å². The van der Waals surface area contributed by atoms with Crippen LogP contribution in [0.25, 0.3) is 0 Å². The molecule has 20 heavy (non-hydrogen) atoms. The first-order valence-electron chi connectivity index (χ1n) is 6.18. The highest BCUT2D eigenvalue weighted by molar-refractivity contribution is 7.10. The van der Waals surface area contributed by atoms with Gasteiger partial charge in [-0.25, -0.2) is 0 Å². The average Bonchev–Trinajstić information content (AvgIpc) is 3.04. The largest absolute Gasteiger partial charge is 0.312 e. The molecular formula is C13H11N3O3S. The Hall–Kier alpha value is -2.28. The van der Waals surface area contributed by atoms with Crippen LogP contribution in [0, 0.1) is 10.1 Å².